The Balaban J connectivity index is 1.08. The summed E-state index contributed by atoms with van der Waals surface area (Å²) in [6.07, 6.45) is 0. The summed E-state index contributed by atoms with van der Waals surface area (Å²) in [7, 11) is 0. The summed E-state index contributed by atoms with van der Waals surface area (Å²) >= 11 is 0. The van der Waals surface area contributed by atoms with Gasteiger partial charge in [0, 0.05) is 60.2 Å². The Hall–Kier alpha value is -8.28. The predicted molar refractivity (Wildman–Crippen MR) is 252 cm³/mol. The highest BCUT2D eigenvalue weighted by molar-refractivity contribution is 6.27. The Morgan fingerprint density at radius 3 is 1.61 bits per heavy atom. The number of rotatable bonds is 5. The Kier molecular flexibility index (Phi) is 7.24. The third-order valence-corrected chi connectivity index (χ3v) is 12.3. The van der Waals surface area contributed by atoms with Gasteiger partial charge in [0.2, 0.25) is 0 Å². The monoisotopic (exact) mass is 778 g/mol. The van der Waals surface area contributed by atoms with Gasteiger partial charge in [0.25, 0.3) is 0 Å². The summed E-state index contributed by atoms with van der Waals surface area (Å²) in [5.41, 5.74) is 14.6. The minimum Gasteiger partial charge on any atom is -0.454 e. The molecule has 5 heteroatoms. The van der Waals surface area contributed by atoms with Gasteiger partial charge in [0.1, 0.15) is 5.58 Å². The molecule has 0 atom stereocenters. The van der Waals surface area contributed by atoms with Crippen LogP contribution in [0.1, 0.15) is 0 Å². The fraction of sp³-hybridized carbons (Fsp3) is 0. The van der Waals surface area contributed by atoms with Crippen molar-refractivity contribution in [2.75, 3.05) is 0 Å². The van der Waals surface area contributed by atoms with Crippen molar-refractivity contribution in [2.45, 2.75) is 0 Å². The van der Waals surface area contributed by atoms with Crippen molar-refractivity contribution in [2.24, 2.45) is 0 Å². The number of aromatic nitrogens is 4. The standard InChI is InChI=1S/C56H34N4O/c1-3-13-35(14-4-1)36-23-27-40(28-24-36)60-53-44(45-33-34-46-42-18-9-12-22-50(42)61-55(46)54(45)60)32-31-43-41-17-8-11-21-49(41)59(52(43)53)39-29-25-38(26-30-39)56-57-48-20-10-7-19-47(48)51(58-56)37-15-5-2-6-16-37/h1-34H. The van der Waals surface area contributed by atoms with Crippen LogP contribution in [0, 0.1) is 0 Å². The first-order valence-electron chi connectivity index (χ1n) is 20.7. The number of furan rings is 1. The summed E-state index contributed by atoms with van der Waals surface area (Å²) < 4.78 is 11.7. The molecule has 0 aliphatic carbocycles. The lowest BCUT2D eigenvalue weighted by Gasteiger charge is -2.14. The van der Waals surface area contributed by atoms with E-state index in [1.54, 1.807) is 0 Å². The van der Waals surface area contributed by atoms with E-state index in [0.29, 0.717) is 5.82 Å². The van der Waals surface area contributed by atoms with Crippen molar-refractivity contribution in [3.8, 4) is 45.1 Å². The first kappa shape index (κ1) is 33.7. The van der Waals surface area contributed by atoms with E-state index in [1.165, 1.54) is 21.9 Å². The van der Waals surface area contributed by atoms with E-state index in [2.05, 4.69) is 191 Å². The molecule has 0 bridgehead atoms. The second-order valence-electron chi connectivity index (χ2n) is 15.7. The van der Waals surface area contributed by atoms with Crippen LogP contribution in [0.2, 0.25) is 0 Å². The molecule has 0 amide bonds. The molecule has 13 rings (SSSR count). The zero-order valence-electron chi connectivity index (χ0n) is 32.8. The minimum absolute atomic E-state index is 0.697. The van der Waals surface area contributed by atoms with Crippen molar-refractivity contribution in [3.63, 3.8) is 0 Å². The Bertz CT molecular complexity index is 3840. The number of para-hydroxylation sites is 3. The van der Waals surface area contributed by atoms with Crippen molar-refractivity contribution in [1.82, 2.24) is 19.1 Å². The Morgan fingerprint density at radius 1 is 0.328 bits per heavy atom. The average Bonchev–Trinajstić information content (AvgIpc) is 4.00. The van der Waals surface area contributed by atoms with Gasteiger partial charge in [-0.05, 0) is 71.8 Å². The summed E-state index contributed by atoms with van der Waals surface area (Å²) in [4.78, 5) is 10.3. The zero-order valence-corrected chi connectivity index (χ0v) is 32.8. The van der Waals surface area contributed by atoms with Gasteiger partial charge in [-0.25, -0.2) is 9.97 Å². The van der Waals surface area contributed by atoms with E-state index >= 15 is 0 Å². The summed E-state index contributed by atoms with van der Waals surface area (Å²) in [5, 5.41) is 7.94. The molecule has 0 fully saturated rings. The molecule has 0 aliphatic rings. The molecular weight excluding hydrogens is 745 g/mol. The minimum atomic E-state index is 0.697. The van der Waals surface area contributed by atoms with Gasteiger partial charge in [0.05, 0.1) is 33.3 Å². The van der Waals surface area contributed by atoms with E-state index in [9.17, 15) is 0 Å². The molecular formula is C56H34N4O. The molecule has 4 aromatic heterocycles. The van der Waals surface area contributed by atoms with Gasteiger partial charge in [0.15, 0.2) is 11.4 Å². The van der Waals surface area contributed by atoms with E-state index in [1.807, 2.05) is 24.3 Å². The van der Waals surface area contributed by atoms with Crippen LogP contribution in [0.5, 0.6) is 0 Å². The van der Waals surface area contributed by atoms with Crippen LogP contribution in [0.15, 0.2) is 211 Å². The molecule has 0 N–H and O–H groups in total. The van der Waals surface area contributed by atoms with E-state index in [4.69, 9.17) is 14.4 Å². The highest BCUT2D eigenvalue weighted by Gasteiger charge is 2.24. The highest BCUT2D eigenvalue weighted by Crippen LogP contribution is 2.45. The fourth-order valence-electron chi connectivity index (χ4n) is 9.55. The fourth-order valence-corrected chi connectivity index (χ4v) is 9.55. The topological polar surface area (TPSA) is 48.8 Å². The summed E-state index contributed by atoms with van der Waals surface area (Å²) in [6.45, 7) is 0. The zero-order chi connectivity index (χ0) is 40.0. The third kappa shape index (κ3) is 5.08. The number of hydrogen-bond acceptors (Lipinski definition) is 3. The lowest BCUT2D eigenvalue weighted by molar-refractivity contribution is 0.671. The summed E-state index contributed by atoms with van der Waals surface area (Å²) in [6, 6.07) is 73.1. The Morgan fingerprint density at radius 2 is 0.852 bits per heavy atom. The lowest BCUT2D eigenvalue weighted by atomic mass is 10.1. The molecule has 284 valence electrons. The number of fused-ring (bicyclic) bond motifs is 12. The maximum atomic E-state index is 6.82. The van der Waals surface area contributed by atoms with Crippen molar-refractivity contribution >= 4 is 76.5 Å². The molecule has 61 heavy (non-hydrogen) atoms. The number of nitrogens with zero attached hydrogens (tertiary/aromatic N) is 4. The largest absolute Gasteiger partial charge is 0.454 e. The van der Waals surface area contributed by atoms with Crippen molar-refractivity contribution in [1.29, 1.82) is 0 Å². The molecule has 0 saturated carbocycles. The van der Waals surface area contributed by atoms with Crippen LogP contribution in [-0.2, 0) is 0 Å². The van der Waals surface area contributed by atoms with E-state index in [-0.39, 0.29) is 0 Å². The average molecular weight is 779 g/mol. The smallest absolute Gasteiger partial charge is 0.160 e. The molecule has 4 heterocycles. The van der Waals surface area contributed by atoms with Crippen molar-refractivity contribution < 1.29 is 4.42 Å². The maximum Gasteiger partial charge on any atom is 0.160 e. The van der Waals surface area contributed by atoms with E-state index in [0.717, 1.165) is 93.9 Å². The second-order valence-corrected chi connectivity index (χ2v) is 15.7. The van der Waals surface area contributed by atoms with Crippen LogP contribution in [0.25, 0.3) is 122 Å². The van der Waals surface area contributed by atoms with Gasteiger partial charge in [-0.3, -0.25) is 0 Å². The molecule has 0 saturated heterocycles. The molecule has 0 unspecified atom stereocenters. The number of benzene rings is 9. The first-order valence-corrected chi connectivity index (χ1v) is 20.7. The Labute approximate surface area is 350 Å². The second kappa shape index (κ2) is 13.1. The van der Waals surface area contributed by atoms with Gasteiger partial charge >= 0.3 is 0 Å². The molecule has 9 aromatic carbocycles. The van der Waals surface area contributed by atoms with Crippen LogP contribution >= 0.6 is 0 Å². The van der Waals surface area contributed by atoms with Crippen molar-refractivity contribution in [3.05, 3.63) is 206 Å². The van der Waals surface area contributed by atoms with Crippen LogP contribution < -0.4 is 0 Å². The molecule has 13 aromatic rings. The van der Waals surface area contributed by atoms with Gasteiger partial charge in [-0.15, -0.1) is 0 Å². The van der Waals surface area contributed by atoms with Gasteiger partial charge in [-0.1, -0.05) is 146 Å². The van der Waals surface area contributed by atoms with Gasteiger partial charge < -0.3 is 13.6 Å². The first-order chi connectivity index (χ1) is 30.3. The van der Waals surface area contributed by atoms with Crippen LogP contribution in [0.3, 0.4) is 0 Å². The van der Waals surface area contributed by atoms with Crippen LogP contribution in [-0.4, -0.2) is 19.1 Å². The maximum absolute atomic E-state index is 6.82. The normalized spacial score (nSPS) is 11.9. The molecule has 0 spiro atoms. The lowest BCUT2D eigenvalue weighted by Crippen LogP contribution is -1.99. The van der Waals surface area contributed by atoms with Crippen LogP contribution in [0.4, 0.5) is 0 Å². The highest BCUT2D eigenvalue weighted by atomic mass is 16.3. The molecule has 0 aliphatic heterocycles. The quantitative estimate of drug-likeness (QED) is 0.175. The molecule has 0 radical (unpaired) electrons. The van der Waals surface area contributed by atoms with E-state index < -0.39 is 0 Å². The number of hydrogen-bond donors (Lipinski definition) is 0. The summed E-state index contributed by atoms with van der Waals surface area (Å²) in [5.74, 6) is 0.697. The third-order valence-electron chi connectivity index (χ3n) is 12.3. The SMILES string of the molecule is c1ccc(-c2ccc(-n3c4c(ccc5c6ccccc6oc54)c4ccc5c6ccccc6n(-c6ccc(-c7nc(-c8ccccc8)c8ccccc8n7)cc6)c5c43)cc2)cc1. The predicted octanol–water partition coefficient (Wildman–Crippen LogP) is 14.7. The molecule has 5 nitrogen and oxygen atoms in total. The van der Waals surface area contributed by atoms with Gasteiger partial charge in [-0.2, -0.15) is 0 Å².